The van der Waals surface area contributed by atoms with Crippen molar-refractivity contribution in [1.82, 2.24) is 54.0 Å². The molecule has 7 heterocycles. The van der Waals surface area contributed by atoms with Gasteiger partial charge in [0.2, 0.25) is 22.0 Å². The van der Waals surface area contributed by atoms with Gasteiger partial charge >= 0.3 is 11.7 Å². The standard InChI is InChI=1S/2C6H7NO.C5H6N2O.C5H5NO.C4H3ClN2.C4H4N2O.C4H4N2.7C2H6/c2*1-7-5-3-2-4-6(7)8;1-8-5-6-3-2-4-7-5;7-5-3-1-2-4-6-5;5-4-6-2-1-3-7-4;7-4-5-2-1-3-6-4;1-2-5-4-6-3-1;7*1-2/h2*2-5H,1H3;2-4H,1H3;1-4H,(H,6,7);1-3H;1-3H,(H,5,6,7);1-4H;7*1-2H3. The Balaban J connectivity index is -0.000000116. The Bertz CT molecular complexity index is 1930. The minimum absolute atomic E-state index is 0.0347. The average molecular weight is 925 g/mol. The summed E-state index contributed by atoms with van der Waals surface area (Å²) < 4.78 is 7.75. The molecule has 7 aromatic rings. The summed E-state index contributed by atoms with van der Waals surface area (Å²) in [6.07, 6.45) is 19.4. The van der Waals surface area contributed by atoms with E-state index in [-0.39, 0.29) is 22.4 Å². The van der Waals surface area contributed by atoms with Crippen LogP contribution in [0.2, 0.25) is 5.28 Å². The highest BCUT2D eigenvalue weighted by Crippen LogP contribution is 1.93. The molecule has 17 heteroatoms. The summed E-state index contributed by atoms with van der Waals surface area (Å²) in [7, 11) is 4.99. The van der Waals surface area contributed by atoms with Crippen LogP contribution in [0.1, 0.15) is 96.9 Å². The fourth-order valence-electron chi connectivity index (χ4n) is 2.63. The lowest BCUT2D eigenvalue weighted by Gasteiger charge is -1.90. The summed E-state index contributed by atoms with van der Waals surface area (Å²) in [5.74, 6) is 0. The summed E-state index contributed by atoms with van der Waals surface area (Å²) in [5, 5.41) is 0.294. The third kappa shape index (κ3) is 57.1. The van der Waals surface area contributed by atoms with E-state index >= 15 is 0 Å². The van der Waals surface area contributed by atoms with Gasteiger partial charge in [0.1, 0.15) is 6.33 Å². The molecule has 7 rings (SSSR count). The molecule has 0 saturated heterocycles. The number of aryl methyl sites for hydroxylation is 2. The van der Waals surface area contributed by atoms with E-state index in [9.17, 15) is 19.2 Å². The highest BCUT2D eigenvalue weighted by Gasteiger charge is 1.84. The predicted octanol–water partition coefficient (Wildman–Crippen LogP) is 10.2. The second-order valence-electron chi connectivity index (χ2n) is 8.77. The van der Waals surface area contributed by atoms with Gasteiger partial charge in [0.25, 0.3) is 0 Å². The van der Waals surface area contributed by atoms with Crippen LogP contribution >= 0.6 is 11.6 Å². The lowest BCUT2D eigenvalue weighted by atomic mass is 10.5. The van der Waals surface area contributed by atoms with Crippen molar-refractivity contribution in [3.8, 4) is 6.01 Å². The number of aromatic nitrogens is 11. The number of nitrogens with one attached hydrogen (secondary N) is 2. The quantitative estimate of drug-likeness (QED) is 0.147. The maximum atomic E-state index is 10.6. The minimum Gasteiger partial charge on any atom is -0.467 e. The first-order valence-corrected chi connectivity index (χ1v) is 21.9. The van der Waals surface area contributed by atoms with E-state index in [0.29, 0.717) is 11.3 Å². The number of hydrogen-bond donors (Lipinski definition) is 2. The molecule has 0 aliphatic rings. The molecular weight excluding hydrogens is 846 g/mol. The molecule has 0 radical (unpaired) electrons. The van der Waals surface area contributed by atoms with Gasteiger partial charge in [-0.3, -0.25) is 14.4 Å². The first kappa shape index (κ1) is 72.5. The highest BCUT2D eigenvalue weighted by atomic mass is 35.5. The molecule has 0 aliphatic heterocycles. The molecule has 0 aromatic carbocycles. The van der Waals surface area contributed by atoms with Crippen LogP contribution in [-0.2, 0) is 14.1 Å². The molecule has 16 nitrogen and oxygen atoms in total. The molecule has 0 saturated carbocycles. The van der Waals surface area contributed by atoms with Crippen LogP contribution in [0.25, 0.3) is 0 Å². The van der Waals surface area contributed by atoms with Crippen molar-refractivity contribution < 1.29 is 4.74 Å². The van der Waals surface area contributed by atoms with Gasteiger partial charge < -0.3 is 23.8 Å². The van der Waals surface area contributed by atoms with Gasteiger partial charge in [-0.15, -0.1) is 0 Å². The second-order valence-corrected chi connectivity index (χ2v) is 9.11. The Morgan fingerprint density at radius 1 is 0.462 bits per heavy atom. The Morgan fingerprint density at radius 3 is 1.03 bits per heavy atom. The van der Waals surface area contributed by atoms with E-state index < -0.39 is 0 Å². The fourth-order valence-corrected chi connectivity index (χ4v) is 2.74. The van der Waals surface area contributed by atoms with Gasteiger partial charge in [-0.05, 0) is 54.1 Å². The van der Waals surface area contributed by atoms with Gasteiger partial charge in [0.15, 0.2) is 0 Å². The summed E-state index contributed by atoms with van der Waals surface area (Å²) in [6.45, 7) is 28.0. The normalized spacial score (nSPS) is 7.48. The van der Waals surface area contributed by atoms with E-state index in [1.165, 1.54) is 53.2 Å². The van der Waals surface area contributed by atoms with Crippen molar-refractivity contribution in [2.45, 2.75) is 96.9 Å². The van der Waals surface area contributed by atoms with E-state index in [1.807, 2.05) is 109 Å². The summed E-state index contributed by atoms with van der Waals surface area (Å²) in [5.41, 5.74) is -0.287. The lowest BCUT2D eigenvalue weighted by molar-refractivity contribution is 0.379. The zero-order valence-corrected chi connectivity index (χ0v) is 42.6. The van der Waals surface area contributed by atoms with Crippen molar-refractivity contribution in [3.63, 3.8) is 0 Å². The number of hydrogen-bond acceptors (Lipinski definition) is 12. The second kappa shape index (κ2) is 66.2. The zero-order valence-electron chi connectivity index (χ0n) is 41.9. The Hall–Kier alpha value is -6.94. The third-order valence-corrected chi connectivity index (χ3v) is 5.21. The molecule has 65 heavy (non-hydrogen) atoms. The maximum absolute atomic E-state index is 10.6. The number of nitrogens with zero attached hydrogens (tertiary/aromatic N) is 9. The third-order valence-electron chi connectivity index (χ3n) is 5.01. The van der Waals surface area contributed by atoms with E-state index in [0.717, 1.165) is 0 Å². The van der Waals surface area contributed by atoms with Gasteiger partial charge in [-0.1, -0.05) is 115 Å². The maximum Gasteiger partial charge on any atom is 0.344 e. The number of pyridine rings is 3. The molecule has 0 unspecified atom stereocenters. The number of ether oxygens (including phenoxy) is 1. The number of rotatable bonds is 1. The van der Waals surface area contributed by atoms with Crippen molar-refractivity contribution in [2.24, 2.45) is 14.1 Å². The molecular formula is C48H78ClN11O5. The zero-order chi connectivity index (χ0) is 51.4. The number of methoxy groups -OCH3 is 1. The van der Waals surface area contributed by atoms with Crippen LogP contribution in [0.5, 0.6) is 6.01 Å². The largest absolute Gasteiger partial charge is 0.467 e. The van der Waals surface area contributed by atoms with Crippen LogP contribution < -0.4 is 27.1 Å². The Kier molecular flexibility index (Phi) is 73.8. The molecule has 0 aliphatic carbocycles. The van der Waals surface area contributed by atoms with Crippen LogP contribution in [0, 0.1) is 0 Å². The van der Waals surface area contributed by atoms with Gasteiger partial charge in [0.05, 0.1) is 7.11 Å². The van der Waals surface area contributed by atoms with Crippen LogP contribution in [0.4, 0.5) is 0 Å². The summed E-state index contributed by atoms with van der Waals surface area (Å²) in [6, 6.07) is 22.4. The SMILES string of the molecule is CC.CC.CC.CC.CC.CC.CC.COc1ncccn1.Clc1ncccn1.Cn1ccccc1=O.Cn1ccccc1=O.O=c1cccc[nH]1.O=c1nccc[nH]1.c1cncnc1. The topological polar surface area (TPSA) is 209 Å². The molecule has 2 N–H and O–H groups in total. The van der Waals surface area contributed by atoms with E-state index in [1.54, 1.807) is 118 Å². The monoisotopic (exact) mass is 924 g/mol. The average Bonchev–Trinajstić information content (AvgIpc) is 3.40. The van der Waals surface area contributed by atoms with Crippen molar-refractivity contribution >= 4 is 11.6 Å². The summed E-state index contributed by atoms with van der Waals surface area (Å²) in [4.78, 5) is 71.8. The highest BCUT2D eigenvalue weighted by molar-refractivity contribution is 6.28. The molecule has 0 spiro atoms. The van der Waals surface area contributed by atoms with Crippen LogP contribution in [0.15, 0.2) is 173 Å². The number of aromatic amines is 2. The first-order chi connectivity index (χ1) is 31.7. The molecule has 362 valence electrons. The predicted molar refractivity (Wildman–Crippen MR) is 272 cm³/mol. The lowest BCUT2D eigenvalue weighted by Crippen LogP contribution is -2.12. The fraction of sp³-hybridized carbons (Fsp3) is 0.354. The van der Waals surface area contributed by atoms with E-state index in [2.05, 4.69) is 44.9 Å². The molecule has 0 fully saturated rings. The Morgan fingerprint density at radius 2 is 0.846 bits per heavy atom. The smallest absolute Gasteiger partial charge is 0.344 e. The molecule has 0 amide bonds. The van der Waals surface area contributed by atoms with Crippen molar-refractivity contribution in [2.75, 3.05) is 7.11 Å². The number of H-pyrrole nitrogens is 2. The van der Waals surface area contributed by atoms with E-state index in [4.69, 9.17) is 16.3 Å². The van der Waals surface area contributed by atoms with Crippen molar-refractivity contribution in [1.29, 1.82) is 0 Å². The number of halogens is 1. The van der Waals surface area contributed by atoms with Gasteiger partial charge in [0, 0.05) is 100 Å². The van der Waals surface area contributed by atoms with Gasteiger partial charge in [-0.25, -0.2) is 39.7 Å². The van der Waals surface area contributed by atoms with Gasteiger partial charge in [-0.2, -0.15) is 0 Å². The van der Waals surface area contributed by atoms with Crippen LogP contribution in [-0.4, -0.2) is 61.1 Å². The first-order valence-electron chi connectivity index (χ1n) is 21.5. The molecule has 0 atom stereocenters. The molecule has 7 aromatic heterocycles. The van der Waals surface area contributed by atoms with Crippen molar-refractivity contribution in [3.05, 3.63) is 200 Å². The molecule has 0 bridgehead atoms. The summed E-state index contributed by atoms with van der Waals surface area (Å²) >= 11 is 5.32. The Labute approximate surface area is 393 Å². The van der Waals surface area contributed by atoms with Crippen LogP contribution in [0.3, 0.4) is 0 Å². The minimum atomic E-state index is -0.303.